The number of halogens is 2. The molecule has 8 heteroatoms. The van der Waals surface area contributed by atoms with Gasteiger partial charge in [0, 0.05) is 19.6 Å². The average Bonchev–Trinajstić information content (AvgIpc) is 2.90. The molecule has 0 unspecified atom stereocenters. The van der Waals surface area contributed by atoms with Crippen molar-refractivity contribution in [2.75, 3.05) is 26.2 Å². The molecule has 1 N–H and O–H groups in total. The molecule has 0 aromatic heterocycles. The summed E-state index contributed by atoms with van der Waals surface area (Å²) in [6, 6.07) is 1.28. The zero-order valence-corrected chi connectivity index (χ0v) is 12.3. The maximum absolute atomic E-state index is 14.0. The van der Waals surface area contributed by atoms with E-state index in [1.165, 1.54) is 11.2 Å². The van der Waals surface area contributed by atoms with Crippen molar-refractivity contribution in [3.63, 3.8) is 0 Å². The molecule has 2 aliphatic rings. The molecule has 0 amide bonds. The number of hydrogen-bond donors (Lipinski definition) is 1. The van der Waals surface area contributed by atoms with Gasteiger partial charge in [0.05, 0.1) is 18.8 Å². The fourth-order valence-electron chi connectivity index (χ4n) is 2.81. The molecular formula is C13H16F2N2O3S. The SMILES string of the molecule is Cc1cc(F)c(S(=O)(=O)N2CCO[C@H]3CNC[C@H]32)cc1F. The maximum atomic E-state index is 14.0. The van der Waals surface area contributed by atoms with Crippen LogP contribution < -0.4 is 5.32 Å². The van der Waals surface area contributed by atoms with Crippen LogP contribution in [0.3, 0.4) is 0 Å². The topological polar surface area (TPSA) is 58.6 Å². The monoisotopic (exact) mass is 318 g/mol. The van der Waals surface area contributed by atoms with Gasteiger partial charge in [0.15, 0.2) is 0 Å². The first-order valence-electron chi connectivity index (χ1n) is 6.71. The number of ether oxygens (including phenoxy) is 1. The van der Waals surface area contributed by atoms with Gasteiger partial charge in [0.1, 0.15) is 16.5 Å². The Morgan fingerprint density at radius 3 is 2.81 bits per heavy atom. The van der Waals surface area contributed by atoms with Crippen LogP contribution in [0, 0.1) is 18.6 Å². The standard InChI is InChI=1S/C13H16F2N2O3S/c1-8-4-10(15)13(5-9(8)14)21(18,19)17-2-3-20-12-7-16-6-11(12)17/h4-5,11-12,16H,2-3,6-7H2,1H3/t11-,12+/m1/s1. The van der Waals surface area contributed by atoms with Gasteiger partial charge < -0.3 is 10.1 Å². The molecule has 1 aromatic rings. The summed E-state index contributed by atoms with van der Waals surface area (Å²) in [5, 5.41) is 3.05. The van der Waals surface area contributed by atoms with Crippen LogP contribution in [0.1, 0.15) is 5.56 Å². The minimum absolute atomic E-state index is 0.0776. The van der Waals surface area contributed by atoms with E-state index in [9.17, 15) is 17.2 Å². The second-order valence-corrected chi connectivity index (χ2v) is 7.14. The Labute approximate surface area is 121 Å². The molecule has 116 valence electrons. The predicted molar refractivity (Wildman–Crippen MR) is 71.4 cm³/mol. The van der Waals surface area contributed by atoms with Gasteiger partial charge in [-0.05, 0) is 24.6 Å². The van der Waals surface area contributed by atoms with Crippen molar-refractivity contribution in [1.29, 1.82) is 0 Å². The molecular weight excluding hydrogens is 302 g/mol. The van der Waals surface area contributed by atoms with Crippen LogP contribution in [-0.2, 0) is 14.8 Å². The lowest BCUT2D eigenvalue weighted by Gasteiger charge is -2.35. The highest BCUT2D eigenvalue weighted by Crippen LogP contribution is 2.28. The fourth-order valence-corrected chi connectivity index (χ4v) is 4.50. The highest BCUT2D eigenvalue weighted by atomic mass is 32.2. The van der Waals surface area contributed by atoms with Crippen LogP contribution in [0.2, 0.25) is 0 Å². The number of fused-ring (bicyclic) bond motifs is 1. The van der Waals surface area contributed by atoms with Gasteiger partial charge in [-0.2, -0.15) is 4.31 Å². The summed E-state index contributed by atoms with van der Waals surface area (Å²) >= 11 is 0. The minimum Gasteiger partial charge on any atom is -0.374 e. The molecule has 2 aliphatic heterocycles. The van der Waals surface area contributed by atoms with Crippen LogP contribution >= 0.6 is 0 Å². The van der Waals surface area contributed by atoms with Crippen molar-refractivity contribution in [3.05, 3.63) is 29.3 Å². The smallest absolute Gasteiger partial charge is 0.246 e. The van der Waals surface area contributed by atoms with Gasteiger partial charge in [-0.3, -0.25) is 0 Å². The van der Waals surface area contributed by atoms with E-state index in [4.69, 9.17) is 4.74 Å². The van der Waals surface area contributed by atoms with Crippen molar-refractivity contribution in [2.24, 2.45) is 0 Å². The summed E-state index contributed by atoms with van der Waals surface area (Å²) in [5.41, 5.74) is 0.0776. The molecule has 0 bridgehead atoms. The first kappa shape index (κ1) is 14.8. The summed E-state index contributed by atoms with van der Waals surface area (Å²) in [6.07, 6.45) is -0.244. The predicted octanol–water partition coefficient (Wildman–Crippen LogP) is 0.635. The van der Waals surface area contributed by atoms with Crippen molar-refractivity contribution >= 4 is 10.0 Å². The molecule has 21 heavy (non-hydrogen) atoms. The van der Waals surface area contributed by atoms with E-state index in [0.717, 1.165) is 12.1 Å². The lowest BCUT2D eigenvalue weighted by molar-refractivity contribution is -0.0149. The molecule has 2 fully saturated rings. The molecule has 2 atom stereocenters. The van der Waals surface area contributed by atoms with Gasteiger partial charge in [-0.1, -0.05) is 0 Å². The fraction of sp³-hybridized carbons (Fsp3) is 0.538. The number of aryl methyl sites for hydroxylation is 1. The quantitative estimate of drug-likeness (QED) is 0.869. The van der Waals surface area contributed by atoms with Crippen LogP contribution in [0.25, 0.3) is 0 Å². The van der Waals surface area contributed by atoms with Crippen LogP contribution in [0.4, 0.5) is 8.78 Å². The Morgan fingerprint density at radius 2 is 2.05 bits per heavy atom. The Balaban J connectivity index is 2.02. The zero-order valence-electron chi connectivity index (χ0n) is 11.5. The number of benzene rings is 1. The zero-order chi connectivity index (χ0) is 15.2. The first-order valence-corrected chi connectivity index (χ1v) is 8.15. The van der Waals surface area contributed by atoms with Crippen LogP contribution in [0.15, 0.2) is 17.0 Å². The Kier molecular flexibility index (Phi) is 3.73. The summed E-state index contributed by atoms with van der Waals surface area (Å²) in [4.78, 5) is -0.613. The number of sulfonamides is 1. The number of nitrogens with one attached hydrogen (secondary N) is 1. The lowest BCUT2D eigenvalue weighted by atomic mass is 10.2. The van der Waals surface area contributed by atoms with Crippen molar-refractivity contribution in [2.45, 2.75) is 24.0 Å². The molecule has 0 radical (unpaired) electrons. The molecule has 0 saturated carbocycles. The van der Waals surface area contributed by atoms with Gasteiger partial charge in [0.25, 0.3) is 0 Å². The summed E-state index contributed by atoms with van der Waals surface area (Å²) < 4.78 is 59.7. The van der Waals surface area contributed by atoms with Crippen molar-refractivity contribution in [1.82, 2.24) is 9.62 Å². The normalized spacial score (nSPS) is 26.8. The van der Waals surface area contributed by atoms with E-state index in [0.29, 0.717) is 13.1 Å². The van der Waals surface area contributed by atoms with Crippen molar-refractivity contribution in [3.8, 4) is 0 Å². The Hall–Kier alpha value is -1.09. The third-order valence-electron chi connectivity index (χ3n) is 3.94. The van der Waals surface area contributed by atoms with E-state index >= 15 is 0 Å². The van der Waals surface area contributed by atoms with E-state index in [1.807, 2.05) is 0 Å². The highest BCUT2D eigenvalue weighted by molar-refractivity contribution is 7.89. The van der Waals surface area contributed by atoms with Gasteiger partial charge in [-0.25, -0.2) is 17.2 Å². The Bertz CT molecular complexity index is 666. The van der Waals surface area contributed by atoms with E-state index < -0.39 is 26.6 Å². The molecule has 3 rings (SSSR count). The summed E-state index contributed by atoms with van der Waals surface area (Å²) in [7, 11) is -4.09. The van der Waals surface area contributed by atoms with E-state index in [-0.39, 0.29) is 30.9 Å². The van der Waals surface area contributed by atoms with E-state index in [1.54, 1.807) is 0 Å². The molecule has 1 aromatic carbocycles. The molecule has 0 aliphatic carbocycles. The second-order valence-electron chi connectivity index (χ2n) is 5.28. The van der Waals surface area contributed by atoms with Gasteiger partial charge in [-0.15, -0.1) is 0 Å². The number of hydrogen-bond acceptors (Lipinski definition) is 4. The van der Waals surface area contributed by atoms with E-state index in [2.05, 4.69) is 5.32 Å². The maximum Gasteiger partial charge on any atom is 0.246 e. The van der Waals surface area contributed by atoms with Crippen molar-refractivity contribution < 1.29 is 21.9 Å². The number of rotatable bonds is 2. The molecule has 0 spiro atoms. The largest absolute Gasteiger partial charge is 0.374 e. The minimum atomic E-state index is -4.09. The molecule has 5 nitrogen and oxygen atoms in total. The first-order chi connectivity index (χ1) is 9.91. The number of nitrogens with zero attached hydrogens (tertiary/aromatic N) is 1. The molecule has 2 heterocycles. The average molecular weight is 318 g/mol. The summed E-state index contributed by atoms with van der Waals surface area (Å²) in [6.45, 7) is 2.78. The van der Waals surface area contributed by atoms with Gasteiger partial charge in [0.2, 0.25) is 10.0 Å². The second kappa shape index (κ2) is 5.28. The third kappa shape index (κ3) is 2.46. The number of morpholine rings is 1. The molecule has 2 saturated heterocycles. The third-order valence-corrected chi connectivity index (χ3v) is 5.88. The lowest BCUT2D eigenvalue weighted by Crippen LogP contribution is -2.53. The van der Waals surface area contributed by atoms with Gasteiger partial charge >= 0.3 is 0 Å². The highest BCUT2D eigenvalue weighted by Gasteiger charge is 2.43. The van der Waals surface area contributed by atoms with Crippen LogP contribution in [-0.4, -0.2) is 51.1 Å². The van der Waals surface area contributed by atoms with Crippen LogP contribution in [0.5, 0.6) is 0 Å². The Morgan fingerprint density at radius 1 is 1.29 bits per heavy atom. The summed E-state index contributed by atoms with van der Waals surface area (Å²) in [5.74, 6) is -1.66.